The van der Waals surface area contributed by atoms with E-state index in [2.05, 4.69) is 0 Å². The summed E-state index contributed by atoms with van der Waals surface area (Å²) in [5.41, 5.74) is 10.8. The Morgan fingerprint density at radius 3 is 1.21 bits per heavy atom. The summed E-state index contributed by atoms with van der Waals surface area (Å²) in [6, 6.07) is 0. The van der Waals surface area contributed by atoms with Gasteiger partial charge in [-0.05, 0) is 49.6 Å². The van der Waals surface area contributed by atoms with Gasteiger partial charge in [0.25, 0.3) is 0 Å². The molecular formula is C18H32N2O4. The van der Waals surface area contributed by atoms with E-state index in [1.54, 1.807) is 0 Å². The van der Waals surface area contributed by atoms with Crippen molar-refractivity contribution in [2.75, 3.05) is 13.1 Å². The molecule has 0 bridgehead atoms. The van der Waals surface area contributed by atoms with Gasteiger partial charge < -0.3 is 21.7 Å². The molecule has 0 amide bonds. The van der Waals surface area contributed by atoms with Crippen molar-refractivity contribution in [2.24, 2.45) is 34.1 Å². The highest BCUT2D eigenvalue weighted by Crippen LogP contribution is 2.53. The van der Waals surface area contributed by atoms with Gasteiger partial charge in [-0.3, -0.25) is 9.59 Å². The largest absolute Gasteiger partial charge is 0.481 e. The summed E-state index contributed by atoms with van der Waals surface area (Å²) in [5, 5.41) is 20.0. The average Bonchev–Trinajstić information content (AvgIpc) is 2.60. The van der Waals surface area contributed by atoms with E-state index in [9.17, 15) is 19.8 Å². The standard InChI is InChI=1S/C18H32N2O4/c19-11-17(7-3-1-4-8-17)13(15(21)22)14(16(23)24)18(12-20)9-5-2-6-10-18/h13-14H,1-12,19-20H2,(H,21,22)(H,23,24). The Bertz CT molecular complexity index is 412. The number of aliphatic carboxylic acids is 2. The predicted molar refractivity (Wildman–Crippen MR) is 91.4 cm³/mol. The first-order chi connectivity index (χ1) is 11.4. The second-order valence-corrected chi connectivity index (χ2v) is 7.89. The summed E-state index contributed by atoms with van der Waals surface area (Å²) >= 11 is 0. The molecule has 2 aliphatic rings. The molecule has 2 aliphatic carbocycles. The summed E-state index contributed by atoms with van der Waals surface area (Å²) in [4.78, 5) is 24.5. The number of nitrogens with two attached hydrogens (primary N) is 2. The van der Waals surface area contributed by atoms with Gasteiger partial charge >= 0.3 is 11.9 Å². The quantitative estimate of drug-likeness (QED) is 0.563. The zero-order valence-electron chi connectivity index (χ0n) is 14.5. The fourth-order valence-electron chi connectivity index (χ4n) is 5.31. The molecule has 0 aliphatic heterocycles. The number of carbonyl (C=O) groups is 2. The summed E-state index contributed by atoms with van der Waals surface area (Å²) in [6.07, 6.45) is 8.60. The lowest BCUT2D eigenvalue weighted by Crippen LogP contribution is -2.56. The van der Waals surface area contributed by atoms with Gasteiger partial charge in [0.15, 0.2) is 0 Å². The molecule has 0 aromatic carbocycles. The maximum atomic E-state index is 12.2. The van der Waals surface area contributed by atoms with Gasteiger partial charge in [0.1, 0.15) is 0 Å². The first kappa shape index (κ1) is 19.2. The van der Waals surface area contributed by atoms with E-state index in [1.165, 1.54) is 0 Å². The number of carboxylic acid groups (broad SMARTS) is 2. The van der Waals surface area contributed by atoms with Crippen molar-refractivity contribution in [3.63, 3.8) is 0 Å². The zero-order valence-corrected chi connectivity index (χ0v) is 14.5. The molecule has 0 aromatic heterocycles. The van der Waals surface area contributed by atoms with Gasteiger partial charge in [0.05, 0.1) is 11.8 Å². The minimum Gasteiger partial charge on any atom is -0.481 e. The van der Waals surface area contributed by atoms with Crippen LogP contribution in [0.2, 0.25) is 0 Å². The molecule has 24 heavy (non-hydrogen) atoms. The molecule has 0 aromatic rings. The monoisotopic (exact) mass is 340 g/mol. The van der Waals surface area contributed by atoms with E-state index in [1.807, 2.05) is 0 Å². The molecule has 2 atom stereocenters. The second-order valence-electron chi connectivity index (χ2n) is 7.89. The van der Waals surface area contributed by atoms with Crippen molar-refractivity contribution >= 4 is 11.9 Å². The Hall–Kier alpha value is -1.14. The van der Waals surface area contributed by atoms with E-state index in [0.29, 0.717) is 25.7 Å². The van der Waals surface area contributed by atoms with E-state index < -0.39 is 34.6 Å². The van der Waals surface area contributed by atoms with Crippen LogP contribution in [0.4, 0.5) is 0 Å². The summed E-state index contributed by atoms with van der Waals surface area (Å²) < 4.78 is 0. The fourth-order valence-corrected chi connectivity index (χ4v) is 5.31. The van der Waals surface area contributed by atoms with Crippen LogP contribution in [0.25, 0.3) is 0 Å². The molecule has 6 heteroatoms. The maximum Gasteiger partial charge on any atom is 0.308 e. The number of carboxylic acids is 2. The van der Waals surface area contributed by atoms with E-state index in [-0.39, 0.29) is 13.1 Å². The Morgan fingerprint density at radius 1 is 0.708 bits per heavy atom. The predicted octanol–water partition coefficient (Wildman–Crippen LogP) is 2.21. The highest BCUT2D eigenvalue weighted by atomic mass is 16.4. The SMILES string of the molecule is NCC1(C(C(=O)O)C(C(=O)O)C2(CN)CCCCC2)CCCCC1. The molecule has 138 valence electrons. The highest BCUT2D eigenvalue weighted by Gasteiger charge is 2.56. The van der Waals surface area contributed by atoms with Crippen LogP contribution in [0, 0.1) is 22.7 Å². The van der Waals surface area contributed by atoms with Crippen LogP contribution < -0.4 is 11.5 Å². The van der Waals surface area contributed by atoms with E-state index >= 15 is 0 Å². The molecule has 0 spiro atoms. The maximum absolute atomic E-state index is 12.2. The number of rotatable bonds is 7. The van der Waals surface area contributed by atoms with Gasteiger partial charge in [0, 0.05) is 0 Å². The van der Waals surface area contributed by atoms with Crippen molar-refractivity contribution in [3.05, 3.63) is 0 Å². The number of hydrogen-bond acceptors (Lipinski definition) is 4. The molecule has 6 nitrogen and oxygen atoms in total. The minimum atomic E-state index is -1.02. The van der Waals surface area contributed by atoms with Crippen molar-refractivity contribution in [1.82, 2.24) is 0 Å². The van der Waals surface area contributed by atoms with Crippen LogP contribution >= 0.6 is 0 Å². The Labute approximate surface area is 144 Å². The molecule has 2 fully saturated rings. The second kappa shape index (κ2) is 7.83. The van der Waals surface area contributed by atoms with Crippen LogP contribution in [0.3, 0.4) is 0 Å². The molecule has 2 saturated carbocycles. The third kappa shape index (κ3) is 3.45. The van der Waals surface area contributed by atoms with Crippen molar-refractivity contribution in [3.8, 4) is 0 Å². The molecule has 2 unspecified atom stereocenters. The molecular weight excluding hydrogens is 308 g/mol. The highest BCUT2D eigenvalue weighted by molar-refractivity contribution is 5.81. The zero-order chi connectivity index (χ0) is 17.8. The first-order valence-corrected chi connectivity index (χ1v) is 9.28. The van der Waals surface area contributed by atoms with Crippen molar-refractivity contribution < 1.29 is 19.8 Å². The Kier molecular flexibility index (Phi) is 6.26. The molecule has 0 heterocycles. The topological polar surface area (TPSA) is 127 Å². The van der Waals surface area contributed by atoms with Gasteiger partial charge in [-0.25, -0.2) is 0 Å². The van der Waals surface area contributed by atoms with Gasteiger partial charge in [-0.1, -0.05) is 38.5 Å². The van der Waals surface area contributed by atoms with E-state index in [4.69, 9.17) is 11.5 Å². The number of hydrogen-bond donors (Lipinski definition) is 4. The van der Waals surface area contributed by atoms with Gasteiger partial charge in [-0.2, -0.15) is 0 Å². The van der Waals surface area contributed by atoms with Crippen LogP contribution in [0.15, 0.2) is 0 Å². The minimum absolute atomic E-state index is 0.231. The third-order valence-electron chi connectivity index (χ3n) is 6.70. The van der Waals surface area contributed by atoms with Gasteiger partial charge in [0.2, 0.25) is 0 Å². The fraction of sp³-hybridized carbons (Fsp3) is 0.889. The smallest absolute Gasteiger partial charge is 0.308 e. The van der Waals surface area contributed by atoms with Gasteiger partial charge in [-0.15, -0.1) is 0 Å². The molecule has 2 rings (SSSR count). The van der Waals surface area contributed by atoms with Crippen LogP contribution in [-0.4, -0.2) is 35.2 Å². The van der Waals surface area contributed by atoms with Crippen LogP contribution in [0.5, 0.6) is 0 Å². The summed E-state index contributed by atoms with van der Waals surface area (Å²) in [6.45, 7) is 0.461. The Morgan fingerprint density at radius 2 is 1.00 bits per heavy atom. The van der Waals surface area contributed by atoms with Crippen molar-refractivity contribution in [2.45, 2.75) is 64.2 Å². The lowest BCUT2D eigenvalue weighted by atomic mass is 9.54. The first-order valence-electron chi connectivity index (χ1n) is 9.28. The molecule has 6 N–H and O–H groups in total. The van der Waals surface area contributed by atoms with Crippen LogP contribution in [-0.2, 0) is 9.59 Å². The average molecular weight is 340 g/mol. The van der Waals surface area contributed by atoms with Crippen LogP contribution in [0.1, 0.15) is 64.2 Å². The Balaban J connectivity index is 2.47. The molecule has 0 radical (unpaired) electrons. The molecule has 0 saturated heterocycles. The lowest BCUT2D eigenvalue weighted by molar-refractivity contribution is -0.170. The van der Waals surface area contributed by atoms with E-state index in [0.717, 1.165) is 38.5 Å². The lowest BCUT2D eigenvalue weighted by Gasteiger charge is -2.50. The normalized spacial score (nSPS) is 25.6. The summed E-state index contributed by atoms with van der Waals surface area (Å²) in [7, 11) is 0. The summed E-state index contributed by atoms with van der Waals surface area (Å²) in [5.74, 6) is -3.95. The van der Waals surface area contributed by atoms with Crippen molar-refractivity contribution in [1.29, 1.82) is 0 Å². The third-order valence-corrected chi connectivity index (χ3v) is 6.70.